The Morgan fingerprint density at radius 3 is 2.84 bits per heavy atom. The molecule has 142 valence electrons. The van der Waals surface area contributed by atoms with Crippen LogP contribution in [0, 0.1) is 11.8 Å². The molecule has 3 atom stereocenters. The summed E-state index contributed by atoms with van der Waals surface area (Å²) >= 11 is 1.32. The lowest BCUT2D eigenvalue weighted by atomic mass is 9.91. The molecule has 7 heteroatoms. The van der Waals surface area contributed by atoms with Crippen LogP contribution in [0.15, 0.2) is 0 Å². The molecule has 25 heavy (non-hydrogen) atoms. The van der Waals surface area contributed by atoms with Gasteiger partial charge in [0.05, 0.1) is 5.25 Å². The van der Waals surface area contributed by atoms with Gasteiger partial charge in [-0.1, -0.05) is 32.6 Å². The lowest BCUT2D eigenvalue weighted by Gasteiger charge is -2.19. The van der Waals surface area contributed by atoms with Crippen molar-refractivity contribution in [2.24, 2.45) is 11.8 Å². The average Bonchev–Trinajstić information content (AvgIpc) is 2.75. The molecule has 0 aromatic heterocycles. The first-order valence-electron chi connectivity index (χ1n) is 9.40. The van der Waals surface area contributed by atoms with E-state index < -0.39 is 5.91 Å². The minimum absolute atomic E-state index is 0.0941. The van der Waals surface area contributed by atoms with E-state index in [1.165, 1.54) is 48.8 Å². The molecule has 2 rings (SSSR count). The highest BCUT2D eigenvalue weighted by atomic mass is 32.2. The third-order valence-electron chi connectivity index (χ3n) is 5.26. The molecule has 0 spiro atoms. The number of carbonyl (C=O) groups excluding carboxylic acids is 3. The summed E-state index contributed by atoms with van der Waals surface area (Å²) in [5, 5.41) is 8.09. The number of carbonyl (C=O) groups is 3. The van der Waals surface area contributed by atoms with Crippen molar-refractivity contribution in [3.63, 3.8) is 0 Å². The molecular formula is C18H30N2O4S. The number of thioether (sulfide) groups is 1. The van der Waals surface area contributed by atoms with Gasteiger partial charge in [0, 0.05) is 25.1 Å². The molecule has 2 fully saturated rings. The van der Waals surface area contributed by atoms with Gasteiger partial charge in [-0.3, -0.25) is 24.5 Å². The number of hydrogen-bond donors (Lipinski definition) is 2. The summed E-state index contributed by atoms with van der Waals surface area (Å²) in [7, 11) is 0. The highest BCUT2D eigenvalue weighted by molar-refractivity contribution is 8.00. The van der Waals surface area contributed by atoms with Crippen molar-refractivity contribution in [2.75, 3.05) is 12.3 Å². The number of hydroxylamine groups is 1. The third kappa shape index (κ3) is 6.29. The zero-order valence-corrected chi connectivity index (χ0v) is 15.9. The number of nitrogens with one attached hydrogen (secondary N) is 1. The summed E-state index contributed by atoms with van der Waals surface area (Å²) in [6.07, 6.45) is 8.85. The number of rotatable bonds is 8. The van der Waals surface area contributed by atoms with Crippen molar-refractivity contribution >= 4 is 29.5 Å². The summed E-state index contributed by atoms with van der Waals surface area (Å²) in [5.41, 5.74) is 1.57. The highest BCUT2D eigenvalue weighted by Crippen LogP contribution is 2.31. The Labute approximate surface area is 154 Å². The average molecular weight is 371 g/mol. The molecule has 0 radical (unpaired) electrons. The third-order valence-corrected chi connectivity index (χ3v) is 6.47. The number of imide groups is 1. The molecule has 1 saturated heterocycles. The van der Waals surface area contributed by atoms with E-state index in [9.17, 15) is 14.4 Å². The maximum atomic E-state index is 12.4. The fraction of sp³-hybridized carbons (Fsp3) is 0.833. The van der Waals surface area contributed by atoms with E-state index in [-0.39, 0.29) is 29.9 Å². The van der Waals surface area contributed by atoms with Crippen LogP contribution in [0.5, 0.6) is 0 Å². The van der Waals surface area contributed by atoms with Crippen LogP contribution in [0.1, 0.15) is 64.7 Å². The molecule has 3 amide bonds. The number of nitrogens with zero attached hydrogens (tertiary/aromatic N) is 1. The van der Waals surface area contributed by atoms with Gasteiger partial charge in [-0.05, 0) is 31.1 Å². The standard InChI is InChI=1S/C18H30N2O4S/c1-13-5-2-3-6-14(11-13)7-4-9-20-17(22)12-15(18(20)23)25-10-8-16(21)19-24/h13-15,24H,2-12H2,1H3,(H,19,21)/t13-,14?,15?/m0/s1. The van der Waals surface area contributed by atoms with Crippen molar-refractivity contribution < 1.29 is 19.6 Å². The smallest absolute Gasteiger partial charge is 0.244 e. The number of hydrogen-bond acceptors (Lipinski definition) is 5. The summed E-state index contributed by atoms with van der Waals surface area (Å²) < 4.78 is 0. The highest BCUT2D eigenvalue weighted by Gasteiger charge is 2.38. The van der Waals surface area contributed by atoms with Crippen LogP contribution in [0.2, 0.25) is 0 Å². The maximum absolute atomic E-state index is 12.4. The topological polar surface area (TPSA) is 86.7 Å². The van der Waals surface area contributed by atoms with Crippen molar-refractivity contribution in [1.82, 2.24) is 10.4 Å². The Hall–Kier alpha value is -1.08. The van der Waals surface area contributed by atoms with Gasteiger partial charge in [0.25, 0.3) is 0 Å². The SMILES string of the molecule is C[C@H]1CCCCC(CCCN2C(=O)CC(SCCC(=O)NO)C2=O)C1. The molecule has 1 aliphatic heterocycles. The van der Waals surface area contributed by atoms with E-state index in [1.807, 2.05) is 0 Å². The summed E-state index contributed by atoms with van der Waals surface area (Å²) in [6, 6.07) is 0. The molecule has 1 saturated carbocycles. The van der Waals surface area contributed by atoms with Gasteiger partial charge in [-0.2, -0.15) is 0 Å². The first-order valence-corrected chi connectivity index (χ1v) is 10.4. The quantitative estimate of drug-likeness (QED) is 0.297. The number of likely N-dealkylation sites (tertiary alicyclic amines) is 1. The van der Waals surface area contributed by atoms with E-state index in [1.54, 1.807) is 5.48 Å². The lowest BCUT2D eigenvalue weighted by Crippen LogP contribution is -2.32. The van der Waals surface area contributed by atoms with E-state index >= 15 is 0 Å². The Kier molecular flexibility index (Phi) is 8.22. The van der Waals surface area contributed by atoms with Crippen molar-refractivity contribution in [2.45, 2.75) is 70.0 Å². The van der Waals surface area contributed by atoms with Gasteiger partial charge in [-0.25, -0.2) is 5.48 Å². The lowest BCUT2D eigenvalue weighted by molar-refractivity contribution is -0.138. The first-order chi connectivity index (χ1) is 12.0. The molecular weight excluding hydrogens is 340 g/mol. The zero-order chi connectivity index (χ0) is 18.2. The van der Waals surface area contributed by atoms with E-state index in [4.69, 9.17) is 5.21 Å². The molecule has 0 aromatic rings. The van der Waals surface area contributed by atoms with Crippen LogP contribution < -0.4 is 5.48 Å². The minimum Gasteiger partial charge on any atom is -0.289 e. The number of amides is 3. The van der Waals surface area contributed by atoms with Gasteiger partial charge in [0.1, 0.15) is 0 Å². The van der Waals surface area contributed by atoms with Crippen LogP contribution in [0.25, 0.3) is 0 Å². The fourth-order valence-electron chi connectivity index (χ4n) is 3.90. The summed E-state index contributed by atoms with van der Waals surface area (Å²) in [4.78, 5) is 36.9. The van der Waals surface area contributed by atoms with Crippen LogP contribution in [-0.2, 0) is 14.4 Å². The van der Waals surface area contributed by atoms with E-state index in [0.717, 1.165) is 24.7 Å². The Morgan fingerprint density at radius 1 is 1.32 bits per heavy atom. The summed E-state index contributed by atoms with van der Waals surface area (Å²) in [6.45, 7) is 2.85. The molecule has 6 nitrogen and oxygen atoms in total. The van der Waals surface area contributed by atoms with Crippen LogP contribution >= 0.6 is 11.8 Å². The normalized spacial score (nSPS) is 27.4. The molecule has 0 bridgehead atoms. The van der Waals surface area contributed by atoms with Crippen molar-refractivity contribution in [3.05, 3.63) is 0 Å². The monoisotopic (exact) mass is 370 g/mol. The second kappa shape index (κ2) is 10.2. The Balaban J connectivity index is 1.71. The first kappa shape index (κ1) is 20.2. The molecule has 2 aliphatic rings. The van der Waals surface area contributed by atoms with Gasteiger partial charge in [-0.15, -0.1) is 11.8 Å². The predicted molar refractivity (Wildman–Crippen MR) is 97.1 cm³/mol. The molecule has 2 unspecified atom stereocenters. The van der Waals surface area contributed by atoms with E-state index in [0.29, 0.717) is 12.3 Å². The Morgan fingerprint density at radius 2 is 2.08 bits per heavy atom. The van der Waals surface area contributed by atoms with Gasteiger partial charge in [0.2, 0.25) is 17.7 Å². The fourth-order valence-corrected chi connectivity index (χ4v) is 5.02. The molecule has 1 aliphatic carbocycles. The Bertz CT molecular complexity index is 486. The van der Waals surface area contributed by atoms with Crippen LogP contribution in [-0.4, -0.2) is 45.4 Å². The summed E-state index contributed by atoms with van der Waals surface area (Å²) in [5.74, 6) is 1.26. The van der Waals surface area contributed by atoms with Crippen molar-refractivity contribution in [1.29, 1.82) is 0 Å². The zero-order valence-electron chi connectivity index (χ0n) is 15.0. The molecule has 1 heterocycles. The maximum Gasteiger partial charge on any atom is 0.244 e. The van der Waals surface area contributed by atoms with Gasteiger partial charge >= 0.3 is 0 Å². The van der Waals surface area contributed by atoms with Crippen LogP contribution in [0.4, 0.5) is 0 Å². The van der Waals surface area contributed by atoms with Gasteiger partial charge < -0.3 is 0 Å². The second-order valence-electron chi connectivity index (χ2n) is 7.37. The second-order valence-corrected chi connectivity index (χ2v) is 8.68. The largest absolute Gasteiger partial charge is 0.289 e. The van der Waals surface area contributed by atoms with Crippen LogP contribution in [0.3, 0.4) is 0 Å². The van der Waals surface area contributed by atoms with E-state index in [2.05, 4.69) is 6.92 Å². The molecule has 0 aromatic carbocycles. The van der Waals surface area contributed by atoms with Crippen molar-refractivity contribution in [3.8, 4) is 0 Å². The van der Waals surface area contributed by atoms with Gasteiger partial charge in [0.15, 0.2) is 0 Å². The minimum atomic E-state index is -0.473. The molecule has 2 N–H and O–H groups in total. The predicted octanol–water partition coefficient (Wildman–Crippen LogP) is 2.74.